The van der Waals surface area contributed by atoms with Crippen molar-refractivity contribution >= 4 is 30.7 Å². The van der Waals surface area contributed by atoms with Crippen molar-refractivity contribution in [2.45, 2.75) is 46.3 Å². The maximum absolute atomic E-state index is 6.17. The third kappa shape index (κ3) is 3.59. The van der Waals surface area contributed by atoms with Gasteiger partial charge in [-0.3, -0.25) is 0 Å². The zero-order valence-corrected chi connectivity index (χ0v) is 14.6. The van der Waals surface area contributed by atoms with Crippen LogP contribution in [0.4, 0.5) is 0 Å². The second kappa shape index (κ2) is 5.83. The van der Waals surface area contributed by atoms with Crippen molar-refractivity contribution < 1.29 is 4.74 Å². The average molecular weight is 312 g/mol. The molecule has 4 nitrogen and oxygen atoms in total. The minimum absolute atomic E-state index is 0.511. The summed E-state index contributed by atoms with van der Waals surface area (Å²) < 4.78 is 7.87. The predicted octanol–water partition coefficient (Wildman–Crippen LogP) is 4.01. The van der Waals surface area contributed by atoms with Gasteiger partial charge in [0.25, 0.3) is 0 Å². The molecule has 0 fully saturated rings. The largest absolute Gasteiger partial charge is 0.361 e. The van der Waals surface area contributed by atoms with Gasteiger partial charge in [0.05, 0.1) is 5.39 Å². The summed E-state index contributed by atoms with van der Waals surface area (Å²) in [5.74, 6) is 0.684. The van der Waals surface area contributed by atoms with Crippen LogP contribution in [0.5, 0.6) is 0 Å². The number of rotatable bonds is 5. The molecule has 0 unspecified atom stereocenters. The van der Waals surface area contributed by atoms with Crippen molar-refractivity contribution in [2.75, 3.05) is 6.61 Å². The molecular weight excluding hydrogens is 290 g/mol. The number of nitrogens with zero attached hydrogens (tertiary/aromatic N) is 3. The topological polar surface area (TPSA) is 39.9 Å². The number of aryl methyl sites for hydroxylation is 2. The molecule has 0 aliphatic heterocycles. The molecular formula is C14H22ClN3OSi. The Kier molecular flexibility index (Phi) is 4.51. The van der Waals surface area contributed by atoms with E-state index in [1.54, 1.807) is 0 Å². The Bertz CT molecular complexity index is 619. The third-order valence-electron chi connectivity index (χ3n) is 3.24. The van der Waals surface area contributed by atoms with Gasteiger partial charge in [-0.2, -0.15) is 0 Å². The van der Waals surface area contributed by atoms with Crippen LogP contribution in [0.1, 0.15) is 11.5 Å². The number of fused-ring (bicyclic) bond motifs is 1. The van der Waals surface area contributed by atoms with Crippen LogP contribution >= 0.6 is 11.6 Å². The van der Waals surface area contributed by atoms with E-state index < -0.39 is 8.07 Å². The summed E-state index contributed by atoms with van der Waals surface area (Å²) in [7, 11) is -1.05. The van der Waals surface area contributed by atoms with Gasteiger partial charge in [-0.05, 0) is 26.0 Å². The van der Waals surface area contributed by atoms with Gasteiger partial charge in [-0.25, -0.2) is 9.97 Å². The highest BCUT2D eigenvalue weighted by molar-refractivity contribution is 6.76. The molecule has 0 atom stereocenters. The Morgan fingerprint density at radius 2 is 1.95 bits per heavy atom. The summed E-state index contributed by atoms with van der Waals surface area (Å²) in [6.07, 6.45) is 0. The number of hydrogen-bond acceptors (Lipinski definition) is 3. The molecule has 2 aromatic heterocycles. The van der Waals surface area contributed by atoms with Gasteiger partial charge in [0, 0.05) is 20.4 Å². The first-order valence-electron chi connectivity index (χ1n) is 6.86. The van der Waals surface area contributed by atoms with Gasteiger partial charge in [-0.1, -0.05) is 31.2 Å². The Hall–Kier alpha value is -0.913. The summed E-state index contributed by atoms with van der Waals surface area (Å²) in [4.78, 5) is 8.67. The van der Waals surface area contributed by atoms with Gasteiger partial charge in [0.1, 0.15) is 23.4 Å². The molecule has 0 N–H and O–H groups in total. The Balaban J connectivity index is 2.16. The van der Waals surface area contributed by atoms with Crippen molar-refractivity contribution in [1.82, 2.24) is 14.5 Å². The lowest BCUT2D eigenvalue weighted by Crippen LogP contribution is -2.22. The molecule has 0 amide bonds. The molecule has 6 heteroatoms. The van der Waals surface area contributed by atoms with E-state index in [0.29, 0.717) is 17.7 Å². The molecule has 0 saturated heterocycles. The maximum atomic E-state index is 6.17. The summed E-state index contributed by atoms with van der Waals surface area (Å²) in [6, 6.07) is 3.18. The van der Waals surface area contributed by atoms with Gasteiger partial charge in [-0.15, -0.1) is 0 Å². The molecule has 20 heavy (non-hydrogen) atoms. The predicted molar refractivity (Wildman–Crippen MR) is 86.1 cm³/mol. The van der Waals surface area contributed by atoms with E-state index in [1.807, 2.05) is 19.9 Å². The highest BCUT2D eigenvalue weighted by Crippen LogP contribution is 2.24. The summed E-state index contributed by atoms with van der Waals surface area (Å²) in [5, 5.41) is 1.40. The van der Waals surface area contributed by atoms with E-state index in [0.717, 1.165) is 23.3 Å². The smallest absolute Gasteiger partial charge is 0.147 e. The first-order chi connectivity index (χ1) is 9.28. The standard InChI is InChI=1S/C14H22ClN3OSi/c1-10-8-12-13(15)16-11(2)17-14(12)18(10)9-19-6-7-20(3,4)5/h8H,6-7,9H2,1-5H3. The molecule has 2 heterocycles. The van der Waals surface area contributed by atoms with Crippen molar-refractivity contribution in [3.8, 4) is 0 Å². The molecule has 2 rings (SSSR count). The number of halogens is 1. The van der Waals surface area contributed by atoms with Crippen LogP contribution in [0.15, 0.2) is 6.07 Å². The van der Waals surface area contributed by atoms with Crippen LogP contribution in [-0.2, 0) is 11.5 Å². The second-order valence-electron chi connectivity index (χ2n) is 6.36. The minimum atomic E-state index is -1.05. The second-order valence-corrected chi connectivity index (χ2v) is 12.3. The molecule has 2 aromatic rings. The normalized spacial score (nSPS) is 12.3. The monoisotopic (exact) mass is 311 g/mol. The molecule has 0 bridgehead atoms. The van der Waals surface area contributed by atoms with E-state index in [4.69, 9.17) is 16.3 Å². The van der Waals surface area contributed by atoms with Crippen molar-refractivity contribution in [2.24, 2.45) is 0 Å². The first kappa shape index (κ1) is 15.5. The average Bonchev–Trinajstić information content (AvgIpc) is 2.61. The van der Waals surface area contributed by atoms with E-state index in [9.17, 15) is 0 Å². The van der Waals surface area contributed by atoms with E-state index in [-0.39, 0.29) is 0 Å². The Labute approximate surface area is 126 Å². The van der Waals surface area contributed by atoms with Crippen LogP contribution in [0, 0.1) is 13.8 Å². The van der Waals surface area contributed by atoms with E-state index in [1.165, 1.54) is 6.04 Å². The fourth-order valence-corrected chi connectivity index (χ4v) is 3.03. The van der Waals surface area contributed by atoms with Gasteiger partial charge >= 0.3 is 0 Å². The Morgan fingerprint density at radius 1 is 1.25 bits per heavy atom. The molecule has 0 spiro atoms. The third-order valence-corrected chi connectivity index (χ3v) is 5.23. The van der Waals surface area contributed by atoms with Crippen LogP contribution < -0.4 is 0 Å². The molecule has 0 saturated carbocycles. The van der Waals surface area contributed by atoms with Gasteiger partial charge in [0.2, 0.25) is 0 Å². The lowest BCUT2D eigenvalue weighted by Gasteiger charge is -2.16. The maximum Gasteiger partial charge on any atom is 0.147 e. The summed E-state index contributed by atoms with van der Waals surface area (Å²) >= 11 is 6.17. The quantitative estimate of drug-likeness (QED) is 0.476. The molecule has 0 aromatic carbocycles. The highest BCUT2D eigenvalue weighted by Gasteiger charge is 2.14. The fourth-order valence-electron chi connectivity index (χ4n) is 2.01. The molecule has 0 aliphatic rings. The SMILES string of the molecule is Cc1nc(Cl)c2cc(C)n(COCC[Si](C)(C)C)c2n1. The van der Waals surface area contributed by atoms with Crippen molar-refractivity contribution in [3.63, 3.8) is 0 Å². The molecule has 0 aliphatic carbocycles. The zero-order valence-electron chi connectivity index (χ0n) is 12.8. The lowest BCUT2D eigenvalue weighted by atomic mass is 10.4. The zero-order chi connectivity index (χ0) is 14.9. The lowest BCUT2D eigenvalue weighted by molar-refractivity contribution is 0.0886. The van der Waals surface area contributed by atoms with Crippen LogP contribution in [0.3, 0.4) is 0 Å². The highest BCUT2D eigenvalue weighted by atomic mass is 35.5. The van der Waals surface area contributed by atoms with Crippen LogP contribution in [-0.4, -0.2) is 29.2 Å². The Morgan fingerprint density at radius 3 is 2.60 bits per heavy atom. The number of hydrogen-bond donors (Lipinski definition) is 0. The van der Waals surface area contributed by atoms with Gasteiger partial charge in [0.15, 0.2) is 0 Å². The number of aromatic nitrogens is 3. The van der Waals surface area contributed by atoms with E-state index >= 15 is 0 Å². The minimum Gasteiger partial charge on any atom is -0.361 e. The first-order valence-corrected chi connectivity index (χ1v) is 10.9. The molecule has 110 valence electrons. The summed E-state index contributed by atoms with van der Waals surface area (Å²) in [6.45, 7) is 12.3. The molecule has 0 radical (unpaired) electrons. The van der Waals surface area contributed by atoms with E-state index in [2.05, 4.69) is 34.2 Å². The van der Waals surface area contributed by atoms with Crippen molar-refractivity contribution in [1.29, 1.82) is 0 Å². The van der Waals surface area contributed by atoms with Crippen molar-refractivity contribution in [3.05, 3.63) is 22.7 Å². The van der Waals surface area contributed by atoms with Gasteiger partial charge < -0.3 is 9.30 Å². The van der Waals surface area contributed by atoms with Crippen LogP contribution in [0.2, 0.25) is 30.8 Å². The van der Waals surface area contributed by atoms with Crippen LogP contribution in [0.25, 0.3) is 11.0 Å². The number of ether oxygens (including phenoxy) is 1. The summed E-state index contributed by atoms with van der Waals surface area (Å²) in [5.41, 5.74) is 1.95. The fraction of sp³-hybridized carbons (Fsp3) is 0.571.